The van der Waals surface area contributed by atoms with Gasteiger partial charge in [-0.2, -0.15) is 0 Å². The number of hydrogen-bond donors (Lipinski definition) is 2. The van der Waals surface area contributed by atoms with Gasteiger partial charge in [0.1, 0.15) is 11.3 Å². The van der Waals surface area contributed by atoms with Crippen LogP contribution in [0, 0.1) is 0 Å². The molecule has 2 rings (SSSR count). The molecule has 7 heteroatoms. The van der Waals surface area contributed by atoms with Crippen LogP contribution >= 0.6 is 23.2 Å². The smallest absolute Gasteiger partial charge is 0.339 e. The largest absolute Gasteiger partial charge is 0.478 e. The van der Waals surface area contributed by atoms with Gasteiger partial charge in [-0.05, 0) is 30.3 Å². The minimum atomic E-state index is -1.28. The maximum Gasteiger partial charge on any atom is 0.339 e. The number of aromatic carboxylic acids is 1. The van der Waals surface area contributed by atoms with Gasteiger partial charge in [-0.1, -0.05) is 23.2 Å². The molecule has 0 aliphatic rings. The van der Waals surface area contributed by atoms with E-state index in [1.54, 1.807) is 12.1 Å². The number of hydrogen-bond acceptors (Lipinski definition) is 3. The minimum absolute atomic E-state index is 0.0165. The number of benzene rings is 1. The SMILES string of the molecule is O=C(/C=C/c1ccco1)Nc1c(Cl)ccc(Cl)c1C(=O)O. The van der Waals surface area contributed by atoms with Crippen molar-refractivity contribution in [1.82, 2.24) is 0 Å². The lowest BCUT2D eigenvalue weighted by Gasteiger charge is -2.10. The predicted octanol–water partition coefficient (Wildman–Crippen LogP) is 3.94. The summed E-state index contributed by atoms with van der Waals surface area (Å²) in [5, 5.41) is 11.6. The molecule has 0 atom stereocenters. The molecular weight excluding hydrogens is 317 g/mol. The minimum Gasteiger partial charge on any atom is -0.478 e. The molecule has 21 heavy (non-hydrogen) atoms. The number of carboxylic acids is 1. The molecular formula is C14H9Cl2NO4. The van der Waals surface area contributed by atoms with Crippen LogP contribution in [-0.4, -0.2) is 17.0 Å². The van der Waals surface area contributed by atoms with E-state index in [1.807, 2.05) is 0 Å². The highest BCUT2D eigenvalue weighted by Gasteiger charge is 2.18. The zero-order valence-electron chi connectivity index (χ0n) is 10.5. The van der Waals surface area contributed by atoms with Gasteiger partial charge in [-0.25, -0.2) is 4.79 Å². The van der Waals surface area contributed by atoms with Gasteiger partial charge in [-0.3, -0.25) is 4.79 Å². The molecule has 0 bridgehead atoms. The Hall–Kier alpha value is -2.24. The number of halogens is 2. The number of furan rings is 1. The van der Waals surface area contributed by atoms with Crippen LogP contribution in [0.25, 0.3) is 6.08 Å². The fraction of sp³-hybridized carbons (Fsp3) is 0. The first kappa shape index (κ1) is 15.2. The first-order chi connectivity index (χ1) is 9.99. The number of anilines is 1. The molecule has 1 aromatic heterocycles. The summed E-state index contributed by atoms with van der Waals surface area (Å²) >= 11 is 11.7. The Kier molecular flexibility index (Phi) is 4.67. The molecule has 0 aliphatic heterocycles. The van der Waals surface area contributed by atoms with Crippen LogP contribution in [-0.2, 0) is 4.79 Å². The summed E-state index contributed by atoms with van der Waals surface area (Å²) in [6, 6.07) is 6.09. The number of carbonyl (C=O) groups is 2. The number of carbonyl (C=O) groups excluding carboxylic acids is 1. The van der Waals surface area contributed by atoms with E-state index in [4.69, 9.17) is 32.7 Å². The molecule has 0 aliphatic carbocycles. The van der Waals surface area contributed by atoms with E-state index in [1.165, 1.54) is 30.5 Å². The summed E-state index contributed by atoms with van der Waals surface area (Å²) in [5.74, 6) is -1.35. The first-order valence-corrected chi connectivity index (χ1v) is 6.48. The lowest BCUT2D eigenvalue weighted by Crippen LogP contribution is -2.13. The average molecular weight is 326 g/mol. The lowest BCUT2D eigenvalue weighted by atomic mass is 10.1. The molecule has 0 unspecified atom stereocenters. The second kappa shape index (κ2) is 6.47. The van der Waals surface area contributed by atoms with Crippen molar-refractivity contribution < 1.29 is 19.1 Å². The fourth-order valence-electron chi connectivity index (χ4n) is 1.59. The third-order valence-corrected chi connectivity index (χ3v) is 3.14. The lowest BCUT2D eigenvalue weighted by molar-refractivity contribution is -0.111. The van der Waals surface area contributed by atoms with Crippen molar-refractivity contribution in [2.75, 3.05) is 5.32 Å². The Bertz CT molecular complexity index is 708. The van der Waals surface area contributed by atoms with Crippen molar-refractivity contribution in [2.24, 2.45) is 0 Å². The molecule has 0 saturated heterocycles. The second-order valence-corrected chi connectivity index (χ2v) is 4.74. The van der Waals surface area contributed by atoms with Crippen LogP contribution in [0.4, 0.5) is 5.69 Å². The molecule has 5 nitrogen and oxygen atoms in total. The Morgan fingerprint density at radius 2 is 1.90 bits per heavy atom. The Balaban J connectivity index is 2.25. The van der Waals surface area contributed by atoms with Crippen LogP contribution in [0.5, 0.6) is 0 Å². The summed E-state index contributed by atoms with van der Waals surface area (Å²) in [6.07, 6.45) is 4.10. The summed E-state index contributed by atoms with van der Waals surface area (Å²) in [5.41, 5.74) is -0.310. The van der Waals surface area contributed by atoms with Crippen LogP contribution in [0.2, 0.25) is 10.0 Å². The topological polar surface area (TPSA) is 79.5 Å². The molecule has 0 fully saturated rings. The monoisotopic (exact) mass is 325 g/mol. The zero-order valence-corrected chi connectivity index (χ0v) is 12.0. The van der Waals surface area contributed by atoms with Crippen molar-refractivity contribution in [3.05, 3.63) is 58.0 Å². The van der Waals surface area contributed by atoms with Crippen molar-refractivity contribution in [2.45, 2.75) is 0 Å². The summed E-state index contributed by atoms with van der Waals surface area (Å²) in [6.45, 7) is 0. The van der Waals surface area contributed by atoms with Crippen molar-refractivity contribution in [3.63, 3.8) is 0 Å². The van der Waals surface area contributed by atoms with Crippen LogP contribution < -0.4 is 5.32 Å². The molecule has 2 N–H and O–H groups in total. The Morgan fingerprint density at radius 3 is 2.52 bits per heavy atom. The summed E-state index contributed by atoms with van der Waals surface area (Å²) in [7, 11) is 0. The predicted molar refractivity (Wildman–Crippen MR) is 79.8 cm³/mol. The zero-order chi connectivity index (χ0) is 15.4. The maximum absolute atomic E-state index is 11.8. The Labute approximate surface area is 129 Å². The van der Waals surface area contributed by atoms with Gasteiger partial charge in [-0.15, -0.1) is 0 Å². The van der Waals surface area contributed by atoms with Gasteiger partial charge >= 0.3 is 5.97 Å². The molecule has 0 spiro atoms. The van der Waals surface area contributed by atoms with Gasteiger partial charge < -0.3 is 14.8 Å². The van der Waals surface area contributed by atoms with E-state index in [0.717, 1.165) is 0 Å². The third-order valence-electron chi connectivity index (χ3n) is 2.51. The number of rotatable bonds is 4. The number of carboxylic acid groups (broad SMARTS) is 1. The van der Waals surface area contributed by atoms with Gasteiger partial charge in [0.25, 0.3) is 0 Å². The Morgan fingerprint density at radius 1 is 1.19 bits per heavy atom. The molecule has 0 radical (unpaired) electrons. The number of nitrogens with one attached hydrogen (secondary N) is 1. The van der Waals surface area contributed by atoms with Gasteiger partial charge in [0.15, 0.2) is 0 Å². The average Bonchev–Trinajstić information content (AvgIpc) is 2.93. The highest BCUT2D eigenvalue weighted by atomic mass is 35.5. The van der Waals surface area contributed by atoms with E-state index in [0.29, 0.717) is 5.76 Å². The van der Waals surface area contributed by atoms with Crippen LogP contribution in [0.1, 0.15) is 16.1 Å². The fourth-order valence-corrected chi connectivity index (χ4v) is 2.03. The number of amides is 1. The molecule has 2 aromatic rings. The van der Waals surface area contributed by atoms with E-state index in [-0.39, 0.29) is 21.3 Å². The molecule has 108 valence electrons. The highest BCUT2D eigenvalue weighted by Crippen LogP contribution is 2.31. The maximum atomic E-state index is 11.8. The molecule has 1 aromatic carbocycles. The summed E-state index contributed by atoms with van der Waals surface area (Å²) in [4.78, 5) is 23.0. The van der Waals surface area contributed by atoms with Crippen molar-refractivity contribution in [1.29, 1.82) is 0 Å². The van der Waals surface area contributed by atoms with E-state index < -0.39 is 11.9 Å². The van der Waals surface area contributed by atoms with Gasteiger partial charge in [0.2, 0.25) is 5.91 Å². The second-order valence-electron chi connectivity index (χ2n) is 3.92. The van der Waals surface area contributed by atoms with Crippen molar-refractivity contribution in [3.8, 4) is 0 Å². The third kappa shape index (κ3) is 3.65. The standard InChI is InChI=1S/C14H9Cl2NO4/c15-9-4-5-10(16)13(12(9)14(19)20)17-11(18)6-3-8-2-1-7-21-8/h1-7H,(H,17,18)(H,19,20)/b6-3+. The highest BCUT2D eigenvalue weighted by molar-refractivity contribution is 6.38. The normalized spacial score (nSPS) is 10.8. The molecule has 1 amide bonds. The molecule has 0 saturated carbocycles. The van der Waals surface area contributed by atoms with E-state index in [2.05, 4.69) is 5.32 Å². The van der Waals surface area contributed by atoms with E-state index >= 15 is 0 Å². The van der Waals surface area contributed by atoms with E-state index in [9.17, 15) is 9.59 Å². The molecule has 1 heterocycles. The van der Waals surface area contributed by atoms with Crippen LogP contribution in [0.3, 0.4) is 0 Å². The summed E-state index contributed by atoms with van der Waals surface area (Å²) < 4.78 is 5.03. The first-order valence-electron chi connectivity index (χ1n) is 5.73. The van der Waals surface area contributed by atoms with Gasteiger partial charge in [0, 0.05) is 6.08 Å². The quantitative estimate of drug-likeness (QED) is 0.834. The van der Waals surface area contributed by atoms with Gasteiger partial charge in [0.05, 0.1) is 22.0 Å². The van der Waals surface area contributed by atoms with Crippen LogP contribution in [0.15, 0.2) is 41.0 Å². The van der Waals surface area contributed by atoms with Crippen molar-refractivity contribution >= 4 is 46.8 Å².